The van der Waals surface area contributed by atoms with Crippen LogP contribution in [-0.2, 0) is 0 Å². The van der Waals surface area contributed by atoms with Crippen LogP contribution in [0.3, 0.4) is 0 Å². The Morgan fingerprint density at radius 3 is 2.32 bits per heavy atom. The van der Waals surface area contributed by atoms with Crippen molar-refractivity contribution < 1.29 is 0 Å². The summed E-state index contributed by atoms with van der Waals surface area (Å²) in [4.78, 5) is 0. The van der Waals surface area contributed by atoms with Gasteiger partial charge in [-0.05, 0) is 66.5 Å². The fourth-order valence-electron chi connectivity index (χ4n) is 5.82. The lowest BCUT2D eigenvalue weighted by Gasteiger charge is -2.41. The minimum atomic E-state index is 0.154. The van der Waals surface area contributed by atoms with E-state index in [1.54, 1.807) is 0 Å². The van der Waals surface area contributed by atoms with Crippen LogP contribution >= 0.6 is 22.6 Å². The Morgan fingerprint density at radius 1 is 0.929 bits per heavy atom. The van der Waals surface area contributed by atoms with Crippen molar-refractivity contribution in [1.29, 1.82) is 0 Å². The van der Waals surface area contributed by atoms with Crippen molar-refractivity contribution in [2.45, 2.75) is 75.6 Å². The third-order valence-electron chi connectivity index (χ3n) is 6.79. The molecule has 28 heavy (non-hydrogen) atoms. The number of aryl methyl sites for hydroxylation is 2. The Balaban J connectivity index is 1.75. The lowest BCUT2D eigenvalue weighted by molar-refractivity contribution is 0.156. The minimum Gasteiger partial charge on any atom is -0.0696 e. The van der Waals surface area contributed by atoms with E-state index in [0.717, 1.165) is 0 Å². The summed E-state index contributed by atoms with van der Waals surface area (Å²) in [7, 11) is 0. The number of alkyl halides is 1. The highest BCUT2D eigenvalue weighted by Crippen LogP contribution is 2.49. The van der Waals surface area contributed by atoms with Gasteiger partial charge in [-0.3, -0.25) is 0 Å². The molecule has 2 aromatic carbocycles. The van der Waals surface area contributed by atoms with Crippen LogP contribution in [0.5, 0.6) is 0 Å². The maximum Gasteiger partial charge on any atom is 0.0603 e. The van der Waals surface area contributed by atoms with E-state index >= 15 is 0 Å². The molecule has 148 valence electrons. The summed E-state index contributed by atoms with van der Waals surface area (Å²) < 4.78 is 0.154. The van der Waals surface area contributed by atoms with Crippen LogP contribution < -0.4 is 10.4 Å². The van der Waals surface area contributed by atoms with E-state index in [-0.39, 0.29) is 3.42 Å². The summed E-state index contributed by atoms with van der Waals surface area (Å²) >= 11 is 2.75. The minimum absolute atomic E-state index is 0.154. The van der Waals surface area contributed by atoms with Crippen LogP contribution in [0.25, 0.3) is 23.3 Å². The van der Waals surface area contributed by atoms with E-state index in [0.29, 0.717) is 5.41 Å². The molecule has 1 heteroatoms. The third kappa shape index (κ3) is 4.10. The molecule has 0 nitrogen and oxygen atoms in total. The molecule has 0 aliphatic heterocycles. The maximum atomic E-state index is 2.75. The zero-order valence-electron chi connectivity index (χ0n) is 17.7. The van der Waals surface area contributed by atoms with Gasteiger partial charge >= 0.3 is 0 Å². The first-order valence-corrected chi connectivity index (χ1v) is 12.1. The number of hydrogen-bond acceptors (Lipinski definition) is 0. The summed E-state index contributed by atoms with van der Waals surface area (Å²) in [5, 5.41) is 2.87. The first-order chi connectivity index (χ1) is 13.4. The Bertz CT molecular complexity index is 952. The highest BCUT2D eigenvalue weighted by atomic mass is 127. The predicted molar refractivity (Wildman–Crippen MR) is 131 cm³/mol. The largest absolute Gasteiger partial charge is 0.0696 e. The van der Waals surface area contributed by atoms with Gasteiger partial charge in [0.1, 0.15) is 0 Å². The molecule has 0 N–H and O–H groups in total. The van der Waals surface area contributed by atoms with E-state index in [1.807, 2.05) is 0 Å². The molecular weight excluding hydrogens is 451 g/mol. The van der Waals surface area contributed by atoms with Gasteiger partial charge in [-0.25, -0.2) is 0 Å². The van der Waals surface area contributed by atoms with Crippen molar-refractivity contribution >= 4 is 34.7 Å². The van der Waals surface area contributed by atoms with E-state index in [9.17, 15) is 0 Å². The highest BCUT2D eigenvalue weighted by Gasteiger charge is 2.39. The van der Waals surface area contributed by atoms with Gasteiger partial charge in [0, 0.05) is 0 Å². The van der Waals surface area contributed by atoms with E-state index in [4.69, 9.17) is 0 Å². The van der Waals surface area contributed by atoms with Crippen molar-refractivity contribution in [2.24, 2.45) is 5.41 Å². The third-order valence-corrected chi connectivity index (χ3v) is 7.80. The topological polar surface area (TPSA) is 0 Å². The molecule has 1 fully saturated rings. The molecule has 2 aliphatic carbocycles. The smallest absolute Gasteiger partial charge is 0.0603 e. The second-order valence-corrected chi connectivity index (χ2v) is 11.4. The summed E-state index contributed by atoms with van der Waals surface area (Å²) in [5.41, 5.74) is 6.00. The first kappa shape index (κ1) is 20.2. The number of fused-ring (bicyclic) bond motifs is 1. The number of halogens is 1. The van der Waals surface area contributed by atoms with Crippen LogP contribution in [-0.4, -0.2) is 3.42 Å². The second kappa shape index (κ2) is 7.97. The molecule has 0 radical (unpaired) electrons. The molecule has 1 atom stereocenters. The first-order valence-electron chi connectivity index (χ1n) is 11.0. The average Bonchev–Trinajstić information content (AvgIpc) is 2.97. The van der Waals surface area contributed by atoms with Crippen molar-refractivity contribution in [2.75, 3.05) is 0 Å². The number of benzene rings is 2. The molecule has 0 heterocycles. The van der Waals surface area contributed by atoms with Crippen LogP contribution in [0.1, 0.15) is 69.4 Å². The summed E-state index contributed by atoms with van der Waals surface area (Å²) in [5.74, 6) is 0. The van der Waals surface area contributed by atoms with Gasteiger partial charge in [0.2, 0.25) is 0 Å². The monoisotopic (exact) mass is 484 g/mol. The Hall–Kier alpha value is -1.09. The summed E-state index contributed by atoms with van der Waals surface area (Å²) in [6.07, 6.45) is 16.3. The lowest BCUT2D eigenvalue weighted by atomic mass is 9.66. The normalized spacial score (nSPS) is 23.0. The SMILES string of the molecule is CCCC1(CC2(I)C=c3cccc(-c4cc(C)cc(C)c4)c3=C2)CCCCC1. The number of rotatable bonds is 5. The fourth-order valence-corrected chi connectivity index (χ4v) is 7.27. The zero-order valence-corrected chi connectivity index (χ0v) is 19.8. The van der Waals surface area contributed by atoms with Crippen LogP contribution in [0.4, 0.5) is 0 Å². The Kier molecular flexibility index (Phi) is 5.75. The van der Waals surface area contributed by atoms with E-state index in [1.165, 1.54) is 84.1 Å². The lowest BCUT2D eigenvalue weighted by Crippen LogP contribution is -2.31. The van der Waals surface area contributed by atoms with Crippen LogP contribution in [0.15, 0.2) is 36.4 Å². The van der Waals surface area contributed by atoms with Gasteiger partial charge in [0.05, 0.1) is 3.42 Å². The summed E-state index contributed by atoms with van der Waals surface area (Å²) in [6.45, 7) is 6.77. The van der Waals surface area contributed by atoms with Gasteiger partial charge in [-0.1, -0.05) is 115 Å². The van der Waals surface area contributed by atoms with Gasteiger partial charge in [0.25, 0.3) is 0 Å². The van der Waals surface area contributed by atoms with Gasteiger partial charge in [-0.15, -0.1) is 0 Å². The Labute approximate surface area is 184 Å². The molecule has 4 rings (SSSR count). The maximum absolute atomic E-state index is 2.75. The standard InChI is InChI=1S/C27H33I/c1-4-11-26(12-6-5-7-13-26)19-27(28)17-22-9-8-10-24(25(22)18-27)23-15-20(2)14-21(3)16-23/h8-10,14-18H,4-7,11-13,19H2,1-3H3. The van der Waals surface area contributed by atoms with Gasteiger partial charge in [0.15, 0.2) is 0 Å². The van der Waals surface area contributed by atoms with Crippen molar-refractivity contribution in [3.63, 3.8) is 0 Å². The molecule has 2 aromatic rings. The molecule has 0 aromatic heterocycles. The molecular formula is C27H33I. The van der Waals surface area contributed by atoms with Crippen molar-refractivity contribution in [1.82, 2.24) is 0 Å². The molecule has 2 aliphatic rings. The van der Waals surface area contributed by atoms with Gasteiger partial charge < -0.3 is 0 Å². The predicted octanol–water partition coefficient (Wildman–Crippen LogP) is 6.86. The van der Waals surface area contributed by atoms with E-state index < -0.39 is 0 Å². The van der Waals surface area contributed by atoms with Crippen molar-refractivity contribution in [3.8, 4) is 11.1 Å². The molecule has 1 saturated carbocycles. The second-order valence-electron chi connectivity index (χ2n) is 9.39. The van der Waals surface area contributed by atoms with Crippen LogP contribution in [0, 0.1) is 19.3 Å². The van der Waals surface area contributed by atoms with E-state index in [2.05, 4.69) is 91.9 Å². The molecule has 0 bridgehead atoms. The average molecular weight is 484 g/mol. The van der Waals surface area contributed by atoms with Crippen LogP contribution in [0.2, 0.25) is 0 Å². The molecule has 0 amide bonds. The fraction of sp³-hybridized carbons (Fsp3) is 0.481. The molecule has 1 unspecified atom stereocenters. The molecule has 0 saturated heterocycles. The van der Waals surface area contributed by atoms with Gasteiger partial charge in [-0.2, -0.15) is 0 Å². The van der Waals surface area contributed by atoms with Crippen molar-refractivity contribution in [3.05, 3.63) is 58.0 Å². The molecule has 0 spiro atoms. The quantitative estimate of drug-likeness (QED) is 0.321. The zero-order chi connectivity index (χ0) is 19.8. The number of hydrogen-bond donors (Lipinski definition) is 0. The highest BCUT2D eigenvalue weighted by molar-refractivity contribution is 14.1. The summed E-state index contributed by atoms with van der Waals surface area (Å²) in [6, 6.07) is 13.8. The Morgan fingerprint density at radius 2 is 1.64 bits per heavy atom.